The molecule has 0 fully saturated rings. The van der Waals surface area contributed by atoms with Gasteiger partial charge in [0.2, 0.25) is 0 Å². The number of ether oxygens (including phenoxy) is 1. The minimum Gasteiger partial charge on any atom is -0.509 e. The van der Waals surface area contributed by atoms with E-state index in [1.165, 1.54) is 6.07 Å². The van der Waals surface area contributed by atoms with Crippen molar-refractivity contribution < 1.29 is 36.8 Å². The van der Waals surface area contributed by atoms with Crippen molar-refractivity contribution in [3.05, 3.63) is 210 Å². The Morgan fingerprint density at radius 3 is 1.88 bits per heavy atom. The van der Waals surface area contributed by atoms with E-state index < -0.39 is 29.9 Å². The van der Waals surface area contributed by atoms with Gasteiger partial charge in [-0.05, 0) is 121 Å². The molecule has 1 aliphatic heterocycles. The van der Waals surface area contributed by atoms with Crippen molar-refractivity contribution in [1.29, 1.82) is 0 Å². The third kappa shape index (κ3) is 10.5. The zero-order chi connectivity index (χ0) is 63.2. The smallest absolute Gasteiger partial charge is 0.135 e. The average molecular weight is 1270 g/mol. The molecule has 0 saturated heterocycles. The molecule has 0 amide bonds. The first-order chi connectivity index (χ1) is 41.2. The fourth-order valence-electron chi connectivity index (χ4n) is 10.9. The molecule has 414 valence electrons. The molecule has 12 rings (SSSR count). The number of benzene rings is 8. The van der Waals surface area contributed by atoms with Crippen LogP contribution in [-0.4, -0.2) is 9.55 Å². The fourth-order valence-corrected chi connectivity index (χ4v) is 12.2. The monoisotopic (exact) mass is 1270 g/mol. The quantitative estimate of drug-likeness (QED) is 0.135. The number of hydrogen-bond donors (Lipinski definition) is 0. The Morgan fingerprint density at radius 1 is 0.605 bits per heavy atom. The van der Waals surface area contributed by atoms with Gasteiger partial charge in [0.1, 0.15) is 5.82 Å². The fraction of sp³-hybridized carbons (Fsp3) is 0.270. The third-order valence-electron chi connectivity index (χ3n) is 15.3. The number of fused-ring (bicyclic) bond motifs is 8. The molecule has 11 aromatic rings. The Balaban J connectivity index is 0.00000817. The molecule has 8 aromatic carbocycles. The summed E-state index contributed by atoms with van der Waals surface area (Å²) in [5, 5.41) is 4.19. The molecule has 0 unspecified atom stereocenters. The van der Waals surface area contributed by atoms with Crippen LogP contribution in [-0.2, 0) is 49.1 Å². The molecule has 0 aliphatic carbocycles. The number of anilines is 4. The largest absolute Gasteiger partial charge is 0.509 e. The Morgan fingerprint density at radius 2 is 1.21 bits per heavy atom. The van der Waals surface area contributed by atoms with Crippen molar-refractivity contribution in [3.63, 3.8) is 0 Å². The molecule has 7 heteroatoms. The zero-order valence-corrected chi connectivity index (χ0v) is 51.8. The Hall–Kier alpha value is -6.98. The van der Waals surface area contributed by atoms with Gasteiger partial charge in [0.25, 0.3) is 0 Å². The van der Waals surface area contributed by atoms with Crippen LogP contribution in [0.25, 0.3) is 70.0 Å². The predicted octanol–water partition coefficient (Wildman–Crippen LogP) is 21.1. The maximum atomic E-state index is 9.57. The molecule has 0 radical (unpaired) electrons. The topological polar surface area (TPSA) is 33.5 Å². The SMILES string of the molecule is [2H]c1cc(C([2H])([2H])C(C)C)cc(-n2c3[c-]c(Oc4[c-]c(N5[CH-]N(c6c(-c7cc(C(C)(C)C)cc(C(C)(C)C)c7)cc(C(C)(C)C)cc6-c6c([2H])c([2H])c([2H])c([2H])c6[2H])c6ccccc65)cc(C(C)(C)C)c4)ccc3c3c4sc5ccccc5c4ccc32)n1.[Pt]. The summed E-state index contributed by atoms with van der Waals surface area (Å²) >= 11 is 1.72. The van der Waals surface area contributed by atoms with Gasteiger partial charge in [-0.2, -0.15) is 6.07 Å². The van der Waals surface area contributed by atoms with E-state index in [0.29, 0.717) is 45.3 Å². The van der Waals surface area contributed by atoms with Gasteiger partial charge in [-0.1, -0.05) is 187 Å². The van der Waals surface area contributed by atoms with Crippen molar-refractivity contribution in [2.75, 3.05) is 9.80 Å². The van der Waals surface area contributed by atoms with E-state index in [1.807, 2.05) is 55.4 Å². The van der Waals surface area contributed by atoms with Gasteiger partial charge in [-0.3, -0.25) is 0 Å². The summed E-state index contributed by atoms with van der Waals surface area (Å²) < 4.78 is 84.3. The van der Waals surface area contributed by atoms with Crippen molar-refractivity contribution in [2.45, 2.75) is 125 Å². The molecule has 0 bridgehead atoms. The molecule has 81 heavy (non-hydrogen) atoms. The number of para-hydroxylation sites is 2. The van der Waals surface area contributed by atoms with E-state index in [0.717, 1.165) is 81.2 Å². The third-order valence-corrected chi connectivity index (χ3v) is 16.5. The Kier molecular flexibility index (Phi) is 12.0. The van der Waals surface area contributed by atoms with E-state index in [4.69, 9.17) is 17.9 Å². The second kappa shape index (κ2) is 20.8. The van der Waals surface area contributed by atoms with Crippen molar-refractivity contribution >= 4 is 76.1 Å². The second-order valence-electron chi connectivity index (χ2n) is 25.8. The van der Waals surface area contributed by atoms with Crippen LogP contribution < -0.4 is 14.5 Å². The van der Waals surface area contributed by atoms with Crippen molar-refractivity contribution in [1.82, 2.24) is 9.55 Å². The summed E-state index contributed by atoms with van der Waals surface area (Å²) in [6, 6.07) is 48.6. The zero-order valence-electron chi connectivity index (χ0n) is 56.7. The van der Waals surface area contributed by atoms with Gasteiger partial charge < -0.3 is 19.1 Å². The summed E-state index contributed by atoms with van der Waals surface area (Å²) in [6.07, 6.45) is -1.78. The van der Waals surface area contributed by atoms with Crippen LogP contribution in [0, 0.1) is 24.7 Å². The molecular weight excluding hydrogens is 1190 g/mol. The van der Waals surface area contributed by atoms with E-state index in [9.17, 15) is 2.74 Å². The normalized spacial score (nSPS) is 14.9. The van der Waals surface area contributed by atoms with Crippen molar-refractivity contribution in [3.8, 4) is 39.6 Å². The molecule has 0 spiro atoms. The predicted molar refractivity (Wildman–Crippen MR) is 341 cm³/mol. The molecule has 0 saturated carbocycles. The van der Waals surface area contributed by atoms with Gasteiger partial charge >= 0.3 is 0 Å². The van der Waals surface area contributed by atoms with Crippen LogP contribution in [0.5, 0.6) is 11.5 Å². The van der Waals surface area contributed by atoms with Crippen LogP contribution in [0.1, 0.15) is 136 Å². The summed E-state index contributed by atoms with van der Waals surface area (Å²) in [7, 11) is 0. The standard InChI is InChI=1S/C74H73N4OS.Pt/c1-46(2)34-47-32-33-75-67(35-47)78-64-31-30-58-57-24-18-21-27-66(57)80-70(58)68(64)59-29-28-55(44-65(59)78)79-56-40-52(73(9,10)11)39-54(43-56)76-45-77(63-26-20-19-25-62(63)76)69-60(48-22-16-15-17-23-48)41-53(74(12,13)14)42-61(69)49-36-50(71(3,4)5)38-51(37-49)72(6,7)8;/h15-33,35-42,45-46H,34H2,1-14H3;/q-3;/i15D,16D,17D,22D,23D,33D,34D2;. The molecule has 4 heterocycles. The Labute approximate surface area is 510 Å². The number of pyridine rings is 1. The molecule has 0 atom stereocenters. The van der Waals surface area contributed by atoms with Crippen LogP contribution in [0.3, 0.4) is 0 Å². The van der Waals surface area contributed by atoms with Gasteiger partial charge in [0.05, 0.1) is 8.22 Å². The first-order valence-corrected chi connectivity index (χ1v) is 28.5. The van der Waals surface area contributed by atoms with E-state index >= 15 is 0 Å². The van der Waals surface area contributed by atoms with E-state index in [1.54, 1.807) is 17.4 Å². The number of aromatic nitrogens is 2. The average Bonchev–Trinajstić information content (AvgIpc) is 1.67. The minimum atomic E-state index is -1.74. The van der Waals surface area contributed by atoms with Gasteiger partial charge in [0.15, 0.2) is 0 Å². The first kappa shape index (κ1) is 46.6. The molecule has 1 aliphatic rings. The number of nitrogens with zero attached hydrogens (tertiary/aromatic N) is 4. The first-order valence-electron chi connectivity index (χ1n) is 31.7. The molecule has 0 N–H and O–H groups in total. The van der Waals surface area contributed by atoms with Gasteiger partial charge in [-0.15, -0.1) is 65.0 Å². The van der Waals surface area contributed by atoms with Crippen molar-refractivity contribution in [2.24, 2.45) is 5.92 Å². The van der Waals surface area contributed by atoms with E-state index in [2.05, 4.69) is 190 Å². The summed E-state index contributed by atoms with van der Waals surface area (Å²) in [6.45, 7) is 31.9. The maximum Gasteiger partial charge on any atom is 0.135 e. The molecule has 5 nitrogen and oxygen atoms in total. The van der Waals surface area contributed by atoms with Crippen LogP contribution >= 0.6 is 11.3 Å². The van der Waals surface area contributed by atoms with E-state index in [-0.39, 0.29) is 67.0 Å². The molecule has 3 aromatic heterocycles. The maximum absolute atomic E-state index is 9.57. The number of thiophene rings is 1. The second-order valence-corrected chi connectivity index (χ2v) is 26.8. The minimum absolute atomic E-state index is 0. The van der Waals surface area contributed by atoms with Gasteiger partial charge in [-0.25, -0.2) is 4.98 Å². The summed E-state index contributed by atoms with van der Waals surface area (Å²) in [5.74, 6) is 0.872. The number of hydrogen-bond acceptors (Lipinski definition) is 5. The molecular formula is C74H73N4OPtS-3. The van der Waals surface area contributed by atoms with Crippen LogP contribution in [0.4, 0.5) is 22.7 Å². The van der Waals surface area contributed by atoms with Crippen LogP contribution in [0.15, 0.2) is 164 Å². The number of rotatable bonds is 9. The van der Waals surface area contributed by atoms with Crippen LogP contribution in [0.2, 0.25) is 0 Å². The summed E-state index contributed by atoms with van der Waals surface area (Å²) in [4.78, 5) is 8.97. The summed E-state index contributed by atoms with van der Waals surface area (Å²) in [5.41, 5.74) is 10.1. The Bertz CT molecular complexity index is 4610. The van der Waals surface area contributed by atoms with Gasteiger partial charge in [0, 0.05) is 95.4 Å².